The molecule has 1 N–H and O–H groups in total. The van der Waals surface area contributed by atoms with Crippen LogP contribution < -0.4 is 15.6 Å². The van der Waals surface area contributed by atoms with Gasteiger partial charge in [0.05, 0.1) is 12.5 Å². The van der Waals surface area contributed by atoms with Gasteiger partial charge < -0.3 is 14.6 Å². The summed E-state index contributed by atoms with van der Waals surface area (Å²) in [5.74, 6) is -7.20. The van der Waals surface area contributed by atoms with Gasteiger partial charge in [0.15, 0.2) is 28.8 Å². The third kappa shape index (κ3) is 4.11. The van der Waals surface area contributed by atoms with E-state index in [0.29, 0.717) is 22.5 Å². The van der Waals surface area contributed by atoms with Crippen molar-refractivity contribution < 1.29 is 31.6 Å². The molecule has 2 heterocycles. The number of ether oxygens (including phenoxy) is 1. The van der Waals surface area contributed by atoms with Crippen LogP contribution in [0.25, 0.3) is 22.2 Å². The molecule has 2 aromatic heterocycles. The van der Waals surface area contributed by atoms with E-state index >= 15 is 0 Å². The van der Waals surface area contributed by atoms with E-state index in [-0.39, 0.29) is 23.7 Å². The molecule has 2 aromatic carbocycles. The Labute approximate surface area is 195 Å². The molecule has 4 rings (SSSR count). The standard InChI is InChI=1S/C23H18F4N4O4/c1-4-15(22(32)28-21-17(26)13(24)9-14(25)18(21)27)31-23(33)20-16(10(2)35-30-20)19(29-31)11-5-7-12(34-3)8-6-11/h5-9,15H,4H2,1-3H3,(H,28,32)/t15-/m1/s1. The van der Waals surface area contributed by atoms with Crippen molar-refractivity contribution in [2.75, 3.05) is 12.4 Å². The number of anilines is 1. The van der Waals surface area contributed by atoms with Crippen LogP contribution in [0.3, 0.4) is 0 Å². The van der Waals surface area contributed by atoms with Crippen LogP contribution in [-0.4, -0.2) is 28.0 Å². The van der Waals surface area contributed by atoms with Crippen LogP contribution in [-0.2, 0) is 4.79 Å². The van der Waals surface area contributed by atoms with E-state index in [1.807, 2.05) is 5.32 Å². The van der Waals surface area contributed by atoms with Gasteiger partial charge in [0.25, 0.3) is 5.56 Å². The van der Waals surface area contributed by atoms with Crippen molar-refractivity contribution in [3.05, 3.63) is 69.7 Å². The second-order valence-electron chi connectivity index (χ2n) is 7.55. The van der Waals surface area contributed by atoms with Gasteiger partial charge in [0, 0.05) is 11.6 Å². The third-order valence-corrected chi connectivity index (χ3v) is 5.43. The number of aryl methyl sites for hydroxylation is 1. The van der Waals surface area contributed by atoms with Crippen molar-refractivity contribution in [2.45, 2.75) is 26.3 Å². The third-order valence-electron chi connectivity index (χ3n) is 5.43. The molecule has 0 saturated heterocycles. The van der Waals surface area contributed by atoms with E-state index in [1.54, 1.807) is 31.2 Å². The minimum atomic E-state index is -1.78. The lowest BCUT2D eigenvalue weighted by atomic mass is 10.1. The summed E-state index contributed by atoms with van der Waals surface area (Å²) in [6, 6.07) is 5.27. The maximum Gasteiger partial charge on any atom is 0.297 e. The summed E-state index contributed by atoms with van der Waals surface area (Å²) in [5, 5.41) is 10.3. The number of carbonyl (C=O) groups is 1. The minimum absolute atomic E-state index is 0.0195. The molecule has 35 heavy (non-hydrogen) atoms. The van der Waals surface area contributed by atoms with E-state index in [1.165, 1.54) is 14.0 Å². The zero-order chi connectivity index (χ0) is 25.4. The van der Waals surface area contributed by atoms with Gasteiger partial charge >= 0.3 is 0 Å². The summed E-state index contributed by atoms with van der Waals surface area (Å²) in [5.41, 5.74) is -1.45. The lowest BCUT2D eigenvalue weighted by Gasteiger charge is -2.18. The highest BCUT2D eigenvalue weighted by molar-refractivity contribution is 5.95. The largest absolute Gasteiger partial charge is 0.497 e. The fourth-order valence-corrected chi connectivity index (χ4v) is 3.63. The van der Waals surface area contributed by atoms with Crippen LogP contribution in [0, 0.1) is 30.2 Å². The molecular weight excluding hydrogens is 472 g/mol. The molecule has 182 valence electrons. The number of hydrogen-bond acceptors (Lipinski definition) is 6. The maximum absolute atomic E-state index is 14.1. The maximum atomic E-state index is 14.1. The van der Waals surface area contributed by atoms with Crippen molar-refractivity contribution in [1.82, 2.24) is 14.9 Å². The summed E-state index contributed by atoms with van der Waals surface area (Å²) in [6.07, 6.45) is -0.0653. The van der Waals surface area contributed by atoms with Crippen LogP contribution in [0.2, 0.25) is 0 Å². The van der Waals surface area contributed by atoms with E-state index in [4.69, 9.17) is 9.26 Å². The Morgan fingerprint density at radius 3 is 2.34 bits per heavy atom. The second kappa shape index (κ2) is 9.20. The molecule has 0 aliphatic rings. The number of benzene rings is 2. The zero-order valence-electron chi connectivity index (χ0n) is 18.7. The number of methoxy groups -OCH3 is 1. The number of hydrogen-bond donors (Lipinski definition) is 1. The number of carbonyl (C=O) groups excluding carboxylic acids is 1. The van der Waals surface area contributed by atoms with Gasteiger partial charge in [-0.05, 0) is 37.6 Å². The number of nitrogens with zero attached hydrogens (tertiary/aromatic N) is 3. The number of rotatable bonds is 6. The number of fused-ring (bicyclic) bond motifs is 1. The quantitative estimate of drug-likeness (QED) is 0.315. The van der Waals surface area contributed by atoms with E-state index in [0.717, 1.165) is 4.68 Å². The summed E-state index contributed by atoms with van der Waals surface area (Å²) < 4.78 is 66.5. The first-order valence-electron chi connectivity index (χ1n) is 10.3. The van der Waals surface area contributed by atoms with Crippen molar-refractivity contribution >= 4 is 22.5 Å². The molecule has 0 aliphatic heterocycles. The first-order chi connectivity index (χ1) is 16.7. The summed E-state index contributed by atoms with van der Waals surface area (Å²) in [6.45, 7) is 3.10. The normalized spacial score (nSPS) is 12.1. The van der Waals surface area contributed by atoms with E-state index < -0.39 is 46.5 Å². The van der Waals surface area contributed by atoms with Gasteiger partial charge in [0.2, 0.25) is 5.91 Å². The Bertz CT molecular complexity index is 1470. The SMILES string of the molecule is CC[C@H](C(=O)Nc1c(F)c(F)cc(F)c1F)n1nc(-c2ccc(OC)cc2)c2c(C)onc2c1=O. The van der Waals surface area contributed by atoms with Gasteiger partial charge in [-0.1, -0.05) is 12.1 Å². The predicted molar refractivity (Wildman–Crippen MR) is 117 cm³/mol. The van der Waals surface area contributed by atoms with Crippen LogP contribution in [0.1, 0.15) is 25.1 Å². The highest BCUT2D eigenvalue weighted by atomic mass is 19.2. The number of aromatic nitrogens is 3. The van der Waals surface area contributed by atoms with Crippen molar-refractivity contribution in [3.63, 3.8) is 0 Å². The van der Waals surface area contributed by atoms with Crippen LogP contribution in [0.15, 0.2) is 39.6 Å². The Kier molecular flexibility index (Phi) is 6.29. The number of nitrogens with one attached hydrogen (secondary N) is 1. The first-order valence-corrected chi connectivity index (χ1v) is 10.3. The van der Waals surface area contributed by atoms with Gasteiger partial charge in [-0.15, -0.1) is 0 Å². The number of halogens is 4. The van der Waals surface area contributed by atoms with Gasteiger partial charge in [-0.3, -0.25) is 9.59 Å². The average Bonchev–Trinajstić information content (AvgIpc) is 3.24. The van der Waals surface area contributed by atoms with Crippen molar-refractivity contribution in [3.8, 4) is 17.0 Å². The lowest BCUT2D eigenvalue weighted by molar-refractivity contribution is -0.119. The second-order valence-corrected chi connectivity index (χ2v) is 7.55. The van der Waals surface area contributed by atoms with Crippen LogP contribution in [0.4, 0.5) is 23.2 Å². The molecule has 4 aromatic rings. The van der Waals surface area contributed by atoms with Gasteiger partial charge in [0.1, 0.15) is 28.9 Å². The van der Waals surface area contributed by atoms with Crippen molar-refractivity contribution in [2.24, 2.45) is 0 Å². The first kappa shape index (κ1) is 23.9. The Balaban J connectivity index is 1.84. The molecule has 1 amide bonds. The molecule has 0 fully saturated rings. The molecule has 12 heteroatoms. The highest BCUT2D eigenvalue weighted by Gasteiger charge is 2.29. The molecule has 0 saturated carbocycles. The predicted octanol–water partition coefficient (Wildman–Crippen LogP) is 4.51. The van der Waals surface area contributed by atoms with Crippen LogP contribution in [0.5, 0.6) is 5.75 Å². The average molecular weight is 490 g/mol. The summed E-state index contributed by atoms with van der Waals surface area (Å²) in [4.78, 5) is 26.1. The molecule has 0 unspecified atom stereocenters. The van der Waals surface area contributed by atoms with E-state index in [9.17, 15) is 27.2 Å². The minimum Gasteiger partial charge on any atom is -0.497 e. The van der Waals surface area contributed by atoms with Crippen LogP contribution >= 0.6 is 0 Å². The zero-order valence-corrected chi connectivity index (χ0v) is 18.7. The molecule has 0 radical (unpaired) electrons. The molecule has 0 aliphatic carbocycles. The van der Waals surface area contributed by atoms with Gasteiger partial charge in [-0.25, -0.2) is 22.2 Å². The number of amides is 1. The molecular formula is C23H18F4N4O4. The van der Waals surface area contributed by atoms with E-state index in [2.05, 4.69) is 10.3 Å². The fraction of sp³-hybridized carbons (Fsp3) is 0.217. The Morgan fingerprint density at radius 2 is 1.77 bits per heavy atom. The lowest BCUT2D eigenvalue weighted by Crippen LogP contribution is -2.35. The summed E-state index contributed by atoms with van der Waals surface area (Å²) in [7, 11) is 1.50. The monoisotopic (exact) mass is 490 g/mol. The molecule has 1 atom stereocenters. The highest BCUT2D eigenvalue weighted by Crippen LogP contribution is 2.30. The Hall–Kier alpha value is -4.22. The fourth-order valence-electron chi connectivity index (χ4n) is 3.63. The molecule has 0 spiro atoms. The summed E-state index contributed by atoms with van der Waals surface area (Å²) >= 11 is 0. The smallest absolute Gasteiger partial charge is 0.297 e. The van der Waals surface area contributed by atoms with Crippen molar-refractivity contribution in [1.29, 1.82) is 0 Å². The molecule has 8 nitrogen and oxygen atoms in total. The molecule has 0 bridgehead atoms. The topological polar surface area (TPSA) is 99.2 Å². The van der Waals surface area contributed by atoms with Gasteiger partial charge in [-0.2, -0.15) is 5.10 Å². The Morgan fingerprint density at radius 1 is 1.14 bits per heavy atom.